The minimum absolute atomic E-state index is 0.0000694. The van der Waals surface area contributed by atoms with Crippen LogP contribution in [0.5, 0.6) is 0 Å². The van der Waals surface area contributed by atoms with Crippen LogP contribution in [0.3, 0.4) is 0 Å². The summed E-state index contributed by atoms with van der Waals surface area (Å²) in [5.74, 6) is 0. The molecule has 0 radical (unpaired) electrons. The van der Waals surface area contributed by atoms with Crippen LogP contribution in [0.1, 0.15) is 26.2 Å². The van der Waals surface area contributed by atoms with Crippen molar-refractivity contribution in [3.05, 3.63) is 0 Å². The lowest BCUT2D eigenvalue weighted by atomic mass is 9.98. The van der Waals surface area contributed by atoms with Gasteiger partial charge in [0.2, 0.25) is 0 Å². The molecule has 0 aromatic heterocycles. The van der Waals surface area contributed by atoms with Gasteiger partial charge in [-0.25, -0.2) is 0 Å². The van der Waals surface area contributed by atoms with Crippen molar-refractivity contribution in [2.75, 3.05) is 40.4 Å². The van der Waals surface area contributed by atoms with Crippen LogP contribution in [0.2, 0.25) is 0 Å². The molecule has 2 bridgehead atoms. The van der Waals surface area contributed by atoms with Crippen molar-refractivity contribution in [1.29, 1.82) is 0 Å². The molecule has 0 aliphatic carbocycles. The van der Waals surface area contributed by atoms with Gasteiger partial charge < -0.3 is 10.5 Å². The standard InChI is InChI=1S/C13H27N3O/c1-13(9-14,10-17-3)16-7-6-11-4-5-12(8-16)15(11)2/h11-12H,4-10,14H2,1-3H3. The minimum atomic E-state index is 0.0000694. The number of hydrogen-bond acceptors (Lipinski definition) is 4. The molecule has 2 aliphatic rings. The highest BCUT2D eigenvalue weighted by atomic mass is 16.5. The summed E-state index contributed by atoms with van der Waals surface area (Å²) in [6, 6.07) is 1.50. The van der Waals surface area contributed by atoms with Gasteiger partial charge in [-0.15, -0.1) is 0 Å². The Bertz CT molecular complexity index is 261. The summed E-state index contributed by atoms with van der Waals surface area (Å²) < 4.78 is 5.36. The third-order valence-corrected chi connectivity index (χ3v) is 4.81. The van der Waals surface area contributed by atoms with Crippen molar-refractivity contribution in [2.45, 2.75) is 43.8 Å². The number of likely N-dealkylation sites (tertiary alicyclic amines) is 1. The van der Waals surface area contributed by atoms with Gasteiger partial charge in [0.25, 0.3) is 0 Å². The second kappa shape index (κ2) is 5.22. The molecule has 2 rings (SSSR count). The Balaban J connectivity index is 2.07. The van der Waals surface area contributed by atoms with Crippen molar-refractivity contribution >= 4 is 0 Å². The first-order valence-corrected chi connectivity index (χ1v) is 6.76. The fourth-order valence-electron chi connectivity index (χ4n) is 3.39. The van der Waals surface area contributed by atoms with E-state index in [0.29, 0.717) is 12.6 Å². The molecular formula is C13H27N3O. The van der Waals surface area contributed by atoms with Crippen LogP contribution >= 0.6 is 0 Å². The quantitative estimate of drug-likeness (QED) is 0.779. The van der Waals surface area contributed by atoms with E-state index in [9.17, 15) is 0 Å². The number of ether oxygens (including phenoxy) is 1. The first-order valence-electron chi connectivity index (χ1n) is 6.76. The van der Waals surface area contributed by atoms with Crippen molar-refractivity contribution in [2.24, 2.45) is 5.73 Å². The van der Waals surface area contributed by atoms with Crippen LogP contribution in [0.25, 0.3) is 0 Å². The summed E-state index contributed by atoms with van der Waals surface area (Å²) in [6.07, 6.45) is 3.98. The molecule has 4 nitrogen and oxygen atoms in total. The van der Waals surface area contributed by atoms with Gasteiger partial charge in [-0.2, -0.15) is 0 Å². The highest BCUT2D eigenvalue weighted by Crippen LogP contribution is 2.31. The van der Waals surface area contributed by atoms with Crippen LogP contribution in [-0.4, -0.2) is 67.8 Å². The van der Waals surface area contributed by atoms with Gasteiger partial charge >= 0.3 is 0 Å². The van der Waals surface area contributed by atoms with Crippen LogP contribution in [0.15, 0.2) is 0 Å². The highest BCUT2D eigenvalue weighted by molar-refractivity contribution is 4.97. The topological polar surface area (TPSA) is 41.7 Å². The number of nitrogens with two attached hydrogens (primary N) is 1. The largest absolute Gasteiger partial charge is 0.383 e. The van der Waals surface area contributed by atoms with Crippen molar-refractivity contribution in [3.63, 3.8) is 0 Å². The maximum Gasteiger partial charge on any atom is 0.0656 e. The van der Waals surface area contributed by atoms with Gasteiger partial charge in [0.1, 0.15) is 0 Å². The van der Waals surface area contributed by atoms with Gasteiger partial charge in [-0.05, 0) is 33.2 Å². The second-order valence-corrected chi connectivity index (χ2v) is 5.92. The fourth-order valence-corrected chi connectivity index (χ4v) is 3.39. The second-order valence-electron chi connectivity index (χ2n) is 5.92. The Morgan fingerprint density at radius 1 is 1.29 bits per heavy atom. The molecule has 3 atom stereocenters. The first kappa shape index (κ1) is 13.3. The number of methoxy groups -OCH3 is 1. The summed E-state index contributed by atoms with van der Waals surface area (Å²) in [5.41, 5.74) is 5.97. The molecule has 2 fully saturated rings. The van der Waals surface area contributed by atoms with Crippen LogP contribution in [0.4, 0.5) is 0 Å². The van der Waals surface area contributed by atoms with Crippen LogP contribution < -0.4 is 5.73 Å². The highest BCUT2D eigenvalue weighted by Gasteiger charge is 2.40. The Morgan fingerprint density at radius 3 is 2.65 bits per heavy atom. The first-order chi connectivity index (χ1) is 8.10. The van der Waals surface area contributed by atoms with Gasteiger partial charge in [0.05, 0.1) is 12.1 Å². The third-order valence-electron chi connectivity index (χ3n) is 4.81. The summed E-state index contributed by atoms with van der Waals surface area (Å²) >= 11 is 0. The smallest absolute Gasteiger partial charge is 0.0656 e. The average molecular weight is 241 g/mol. The lowest BCUT2D eigenvalue weighted by molar-refractivity contribution is 0.0219. The molecule has 2 heterocycles. The maximum absolute atomic E-state index is 5.97. The maximum atomic E-state index is 5.97. The lowest BCUT2D eigenvalue weighted by Crippen LogP contribution is -2.57. The number of nitrogens with zero attached hydrogens (tertiary/aromatic N) is 2. The molecule has 2 N–H and O–H groups in total. The molecule has 0 saturated carbocycles. The monoisotopic (exact) mass is 241 g/mol. The van der Waals surface area contributed by atoms with E-state index in [0.717, 1.165) is 25.7 Å². The Kier molecular flexibility index (Phi) is 4.08. The number of hydrogen-bond donors (Lipinski definition) is 1. The van der Waals surface area contributed by atoms with Crippen molar-refractivity contribution in [1.82, 2.24) is 9.80 Å². The zero-order valence-corrected chi connectivity index (χ0v) is 11.5. The third kappa shape index (κ3) is 2.50. The summed E-state index contributed by atoms with van der Waals surface area (Å²) in [5, 5.41) is 0. The molecule has 4 heteroatoms. The summed E-state index contributed by atoms with van der Waals surface area (Å²) in [7, 11) is 4.05. The van der Waals surface area contributed by atoms with E-state index in [4.69, 9.17) is 10.5 Å². The number of fused-ring (bicyclic) bond motifs is 2. The van der Waals surface area contributed by atoms with E-state index in [-0.39, 0.29) is 5.54 Å². The van der Waals surface area contributed by atoms with Crippen molar-refractivity contribution in [3.8, 4) is 0 Å². The number of likely N-dealkylation sites (N-methyl/N-ethyl adjacent to an activating group) is 1. The zero-order valence-electron chi connectivity index (χ0n) is 11.5. The zero-order chi connectivity index (χ0) is 12.5. The van der Waals surface area contributed by atoms with Gasteiger partial charge in [0.15, 0.2) is 0 Å². The number of rotatable bonds is 4. The minimum Gasteiger partial charge on any atom is -0.383 e. The van der Waals surface area contributed by atoms with E-state index in [1.165, 1.54) is 19.3 Å². The molecule has 2 saturated heterocycles. The van der Waals surface area contributed by atoms with Crippen molar-refractivity contribution < 1.29 is 4.74 Å². The molecule has 2 aliphatic heterocycles. The van der Waals surface area contributed by atoms with E-state index in [1.807, 2.05) is 0 Å². The van der Waals surface area contributed by atoms with Crippen LogP contribution in [-0.2, 0) is 4.74 Å². The average Bonchev–Trinajstić information content (AvgIpc) is 2.53. The fraction of sp³-hybridized carbons (Fsp3) is 1.00. The van der Waals surface area contributed by atoms with Gasteiger partial charge in [-0.1, -0.05) is 0 Å². The molecule has 3 unspecified atom stereocenters. The van der Waals surface area contributed by atoms with E-state index in [2.05, 4.69) is 23.8 Å². The predicted octanol–water partition coefficient (Wildman–Crippen LogP) is 0.519. The van der Waals surface area contributed by atoms with Gasteiger partial charge in [-0.3, -0.25) is 9.80 Å². The molecule has 17 heavy (non-hydrogen) atoms. The summed E-state index contributed by atoms with van der Waals surface area (Å²) in [4.78, 5) is 5.13. The molecule has 100 valence electrons. The molecule has 0 aromatic rings. The Labute approximate surface area is 105 Å². The summed E-state index contributed by atoms with van der Waals surface area (Å²) in [6.45, 7) is 5.93. The molecule has 0 amide bonds. The van der Waals surface area contributed by atoms with E-state index < -0.39 is 0 Å². The normalized spacial score (nSPS) is 34.6. The van der Waals surface area contributed by atoms with Gasteiger partial charge in [0, 0.05) is 38.8 Å². The Morgan fingerprint density at radius 2 is 2.00 bits per heavy atom. The van der Waals surface area contributed by atoms with E-state index in [1.54, 1.807) is 7.11 Å². The molecule has 0 spiro atoms. The molecule has 0 aromatic carbocycles. The van der Waals surface area contributed by atoms with E-state index >= 15 is 0 Å². The SMILES string of the molecule is COCC(C)(CN)N1CCC2CCC(C1)N2C. The lowest BCUT2D eigenvalue weighted by Gasteiger charge is -2.41. The predicted molar refractivity (Wildman–Crippen MR) is 70.1 cm³/mol. The Hall–Kier alpha value is -0.160. The molecular weight excluding hydrogens is 214 g/mol. The van der Waals surface area contributed by atoms with Crippen LogP contribution in [0, 0.1) is 0 Å².